The van der Waals surface area contributed by atoms with E-state index in [0.29, 0.717) is 18.3 Å². The van der Waals surface area contributed by atoms with Crippen LogP contribution in [-0.2, 0) is 4.74 Å². The summed E-state index contributed by atoms with van der Waals surface area (Å²) in [5.41, 5.74) is 7.48. The molecule has 0 spiro atoms. The summed E-state index contributed by atoms with van der Waals surface area (Å²) in [7, 11) is 1.96. The maximum absolute atomic E-state index is 10.8. The topological polar surface area (TPSA) is 75.8 Å². The molecule has 2 rings (SSSR count). The van der Waals surface area contributed by atoms with Crippen LogP contribution in [0.4, 0.5) is 11.4 Å². The monoisotopic (exact) mass is 250 g/mol. The van der Waals surface area contributed by atoms with Gasteiger partial charge in [-0.3, -0.25) is 0 Å². The average molecular weight is 250 g/mol. The van der Waals surface area contributed by atoms with Gasteiger partial charge in [-0.2, -0.15) is 0 Å². The molecule has 1 aliphatic rings. The first-order valence-electron chi connectivity index (χ1n) is 6.03. The van der Waals surface area contributed by atoms with Crippen molar-refractivity contribution in [1.82, 2.24) is 0 Å². The number of ether oxygens (including phenoxy) is 1. The molecule has 5 nitrogen and oxygen atoms in total. The lowest BCUT2D eigenvalue weighted by molar-refractivity contribution is 0.0696. The van der Waals surface area contributed by atoms with Crippen molar-refractivity contribution in [1.29, 1.82) is 0 Å². The van der Waals surface area contributed by atoms with Crippen molar-refractivity contribution in [2.75, 3.05) is 30.9 Å². The molecule has 0 bridgehead atoms. The summed E-state index contributed by atoms with van der Waals surface area (Å²) in [5.74, 6) is -0.961. The van der Waals surface area contributed by atoms with Gasteiger partial charge in [0, 0.05) is 13.7 Å². The first kappa shape index (κ1) is 12.7. The Morgan fingerprint density at radius 1 is 1.56 bits per heavy atom. The van der Waals surface area contributed by atoms with Crippen LogP contribution in [0, 0.1) is 0 Å². The van der Waals surface area contributed by atoms with Crippen LogP contribution in [0.1, 0.15) is 23.2 Å². The predicted molar refractivity (Wildman–Crippen MR) is 70.1 cm³/mol. The number of carboxylic acid groups (broad SMARTS) is 1. The molecule has 1 atom stereocenters. The lowest BCUT2D eigenvalue weighted by atomic mass is 10.1. The van der Waals surface area contributed by atoms with Gasteiger partial charge in [0.05, 0.1) is 29.6 Å². The van der Waals surface area contributed by atoms with Crippen molar-refractivity contribution < 1.29 is 14.6 Å². The summed E-state index contributed by atoms with van der Waals surface area (Å²) >= 11 is 0. The van der Waals surface area contributed by atoms with Crippen LogP contribution >= 0.6 is 0 Å². The van der Waals surface area contributed by atoms with Crippen LogP contribution in [0.5, 0.6) is 0 Å². The Morgan fingerprint density at radius 2 is 2.33 bits per heavy atom. The van der Waals surface area contributed by atoms with Gasteiger partial charge < -0.3 is 20.5 Å². The third-order valence-electron chi connectivity index (χ3n) is 3.34. The third-order valence-corrected chi connectivity index (χ3v) is 3.34. The molecule has 0 aliphatic carbocycles. The van der Waals surface area contributed by atoms with Crippen molar-refractivity contribution >= 4 is 17.3 Å². The normalized spacial score (nSPS) is 19.5. The SMILES string of the molecule is CN(c1ccc(C(=O)O)cc1N)C1CCCOC1. The smallest absolute Gasteiger partial charge is 0.335 e. The number of benzene rings is 1. The van der Waals surface area contributed by atoms with Crippen molar-refractivity contribution in [3.05, 3.63) is 23.8 Å². The lowest BCUT2D eigenvalue weighted by Crippen LogP contribution is -2.38. The molecule has 1 aromatic carbocycles. The Hall–Kier alpha value is -1.75. The van der Waals surface area contributed by atoms with Crippen LogP contribution in [0.2, 0.25) is 0 Å². The van der Waals surface area contributed by atoms with Crippen LogP contribution in [0.15, 0.2) is 18.2 Å². The van der Waals surface area contributed by atoms with E-state index in [4.69, 9.17) is 15.6 Å². The van der Waals surface area contributed by atoms with E-state index < -0.39 is 5.97 Å². The Balaban J connectivity index is 2.19. The minimum atomic E-state index is -0.961. The molecule has 98 valence electrons. The third kappa shape index (κ3) is 2.56. The molecule has 0 saturated carbocycles. The Kier molecular flexibility index (Phi) is 3.72. The standard InChI is InChI=1S/C13H18N2O3/c1-15(10-3-2-6-18-8-10)12-5-4-9(13(16)17)7-11(12)14/h4-5,7,10H,2-3,6,8,14H2,1H3,(H,16,17). The summed E-state index contributed by atoms with van der Waals surface area (Å²) in [6, 6.07) is 5.14. The summed E-state index contributed by atoms with van der Waals surface area (Å²) in [4.78, 5) is 12.9. The predicted octanol–water partition coefficient (Wildman–Crippen LogP) is 1.58. The maximum Gasteiger partial charge on any atom is 0.335 e. The van der Waals surface area contributed by atoms with E-state index in [0.717, 1.165) is 25.1 Å². The number of nitrogens with two attached hydrogens (primary N) is 1. The fraction of sp³-hybridized carbons (Fsp3) is 0.462. The molecule has 5 heteroatoms. The van der Waals surface area contributed by atoms with Crippen LogP contribution in [0.25, 0.3) is 0 Å². The molecule has 18 heavy (non-hydrogen) atoms. The van der Waals surface area contributed by atoms with E-state index in [1.54, 1.807) is 12.1 Å². The van der Waals surface area contributed by atoms with Crippen LogP contribution in [0.3, 0.4) is 0 Å². The summed E-state index contributed by atoms with van der Waals surface area (Å²) in [6.07, 6.45) is 2.11. The second kappa shape index (κ2) is 5.27. The van der Waals surface area contributed by atoms with Crippen molar-refractivity contribution in [3.8, 4) is 0 Å². The number of carboxylic acids is 1. The number of rotatable bonds is 3. The molecule has 1 saturated heterocycles. The van der Waals surface area contributed by atoms with E-state index in [2.05, 4.69) is 4.90 Å². The van der Waals surface area contributed by atoms with Crippen molar-refractivity contribution in [2.24, 2.45) is 0 Å². The second-order valence-electron chi connectivity index (χ2n) is 4.56. The Labute approximate surface area is 106 Å². The van der Waals surface area contributed by atoms with E-state index >= 15 is 0 Å². The van der Waals surface area contributed by atoms with E-state index in [9.17, 15) is 4.79 Å². The van der Waals surface area contributed by atoms with Gasteiger partial charge in [-0.05, 0) is 31.0 Å². The average Bonchev–Trinajstić information content (AvgIpc) is 2.38. The highest BCUT2D eigenvalue weighted by molar-refractivity contribution is 5.90. The Morgan fingerprint density at radius 3 is 2.89 bits per heavy atom. The van der Waals surface area contributed by atoms with Crippen LogP contribution < -0.4 is 10.6 Å². The molecule has 0 amide bonds. The number of aromatic carboxylic acids is 1. The van der Waals surface area contributed by atoms with E-state index in [1.807, 2.05) is 7.05 Å². The number of hydrogen-bond acceptors (Lipinski definition) is 4. The minimum absolute atomic E-state index is 0.213. The number of nitrogen functional groups attached to an aromatic ring is 1. The number of carbonyl (C=O) groups is 1. The highest BCUT2D eigenvalue weighted by Crippen LogP contribution is 2.27. The van der Waals surface area contributed by atoms with Gasteiger partial charge in [0.2, 0.25) is 0 Å². The quantitative estimate of drug-likeness (QED) is 0.797. The maximum atomic E-state index is 10.8. The van der Waals surface area contributed by atoms with Gasteiger partial charge in [0.1, 0.15) is 0 Å². The number of anilines is 2. The molecule has 1 heterocycles. The molecular formula is C13H18N2O3. The zero-order chi connectivity index (χ0) is 13.1. The van der Waals surface area contributed by atoms with Crippen LogP contribution in [-0.4, -0.2) is 37.4 Å². The van der Waals surface area contributed by atoms with Gasteiger partial charge in [0.25, 0.3) is 0 Å². The largest absolute Gasteiger partial charge is 0.478 e. The molecule has 1 aromatic rings. The lowest BCUT2D eigenvalue weighted by Gasteiger charge is -2.33. The number of likely N-dealkylation sites (N-methyl/N-ethyl adjacent to an activating group) is 1. The summed E-state index contributed by atoms with van der Waals surface area (Å²) in [6.45, 7) is 1.51. The number of nitrogens with zero attached hydrogens (tertiary/aromatic N) is 1. The fourth-order valence-electron chi connectivity index (χ4n) is 2.23. The first-order valence-corrected chi connectivity index (χ1v) is 6.03. The van der Waals surface area contributed by atoms with Gasteiger partial charge in [0.15, 0.2) is 0 Å². The van der Waals surface area contributed by atoms with E-state index in [-0.39, 0.29) is 5.56 Å². The zero-order valence-electron chi connectivity index (χ0n) is 10.4. The second-order valence-corrected chi connectivity index (χ2v) is 4.56. The molecule has 1 unspecified atom stereocenters. The fourth-order valence-corrected chi connectivity index (χ4v) is 2.23. The molecule has 3 N–H and O–H groups in total. The van der Waals surface area contributed by atoms with Crippen molar-refractivity contribution in [3.63, 3.8) is 0 Å². The highest BCUT2D eigenvalue weighted by Gasteiger charge is 2.20. The Bertz CT molecular complexity index is 442. The number of hydrogen-bond donors (Lipinski definition) is 2. The summed E-state index contributed by atoms with van der Waals surface area (Å²) in [5, 5.41) is 8.90. The molecule has 0 aromatic heterocycles. The van der Waals surface area contributed by atoms with Gasteiger partial charge in [-0.25, -0.2) is 4.79 Å². The van der Waals surface area contributed by atoms with Gasteiger partial charge in [-0.15, -0.1) is 0 Å². The highest BCUT2D eigenvalue weighted by atomic mass is 16.5. The first-order chi connectivity index (χ1) is 8.59. The molecular weight excluding hydrogens is 232 g/mol. The van der Waals surface area contributed by atoms with E-state index in [1.165, 1.54) is 6.07 Å². The minimum Gasteiger partial charge on any atom is -0.478 e. The molecule has 1 aliphatic heterocycles. The zero-order valence-corrected chi connectivity index (χ0v) is 10.4. The summed E-state index contributed by atoms with van der Waals surface area (Å²) < 4.78 is 5.45. The molecule has 1 fully saturated rings. The molecule has 0 radical (unpaired) electrons. The van der Waals surface area contributed by atoms with Crippen molar-refractivity contribution in [2.45, 2.75) is 18.9 Å². The van der Waals surface area contributed by atoms with Gasteiger partial charge >= 0.3 is 5.97 Å². The van der Waals surface area contributed by atoms with Gasteiger partial charge in [-0.1, -0.05) is 0 Å².